The second-order valence-corrected chi connectivity index (χ2v) is 4.07. The first-order valence-corrected chi connectivity index (χ1v) is 5.44. The maximum atomic E-state index is 11.8. The van der Waals surface area contributed by atoms with Crippen molar-refractivity contribution in [1.82, 2.24) is 4.98 Å². The molecule has 1 heterocycles. The van der Waals surface area contributed by atoms with Gasteiger partial charge in [-0.2, -0.15) is 0 Å². The van der Waals surface area contributed by atoms with Gasteiger partial charge in [0.05, 0.1) is 11.6 Å². The maximum absolute atomic E-state index is 11.8. The zero-order chi connectivity index (χ0) is 12.4. The number of esters is 1. The van der Waals surface area contributed by atoms with Crippen LogP contribution in [0, 0.1) is 0 Å². The van der Waals surface area contributed by atoms with Gasteiger partial charge in [-0.25, -0.2) is 9.78 Å². The molecule has 17 heavy (non-hydrogen) atoms. The number of nitrogens with two attached hydrogens (primary N) is 1. The number of fused-ring (bicyclic) bond motifs is 1. The zero-order valence-corrected chi connectivity index (χ0v) is 9.81. The van der Waals surface area contributed by atoms with Crippen molar-refractivity contribution in [2.24, 2.45) is 0 Å². The average Bonchev–Trinajstić information content (AvgIpc) is 2.27. The number of ether oxygens (including phenoxy) is 1. The highest BCUT2D eigenvalue weighted by Crippen LogP contribution is 2.19. The predicted octanol–water partition coefficient (Wildman–Crippen LogP) is 2.38. The summed E-state index contributed by atoms with van der Waals surface area (Å²) in [6, 6.07) is 9.21. The van der Waals surface area contributed by atoms with Crippen LogP contribution in [0.1, 0.15) is 24.2 Å². The maximum Gasteiger partial charge on any atom is 0.342 e. The molecule has 0 fully saturated rings. The Hall–Kier alpha value is -2.10. The van der Waals surface area contributed by atoms with Crippen molar-refractivity contribution in [2.75, 3.05) is 5.73 Å². The summed E-state index contributed by atoms with van der Waals surface area (Å²) in [6.45, 7) is 3.59. The number of benzene rings is 1. The number of hydrogen-bond donors (Lipinski definition) is 1. The van der Waals surface area contributed by atoms with Crippen LogP contribution in [0.2, 0.25) is 0 Å². The molecule has 2 aromatic rings. The summed E-state index contributed by atoms with van der Waals surface area (Å²) in [5.74, 6) is -0.231. The van der Waals surface area contributed by atoms with Gasteiger partial charge in [0.2, 0.25) is 0 Å². The van der Waals surface area contributed by atoms with Crippen LogP contribution in [0.4, 0.5) is 5.82 Å². The predicted molar refractivity (Wildman–Crippen MR) is 66.7 cm³/mol. The largest absolute Gasteiger partial charge is 0.459 e. The van der Waals surface area contributed by atoms with E-state index in [4.69, 9.17) is 10.5 Å². The van der Waals surface area contributed by atoms with Crippen LogP contribution in [0.5, 0.6) is 0 Å². The van der Waals surface area contributed by atoms with Crippen LogP contribution >= 0.6 is 0 Å². The molecule has 4 heteroatoms. The van der Waals surface area contributed by atoms with Crippen molar-refractivity contribution in [3.63, 3.8) is 0 Å². The summed E-state index contributed by atoms with van der Waals surface area (Å²) in [7, 11) is 0. The van der Waals surface area contributed by atoms with E-state index in [1.807, 2.05) is 24.3 Å². The number of para-hydroxylation sites is 1. The Morgan fingerprint density at radius 3 is 2.76 bits per heavy atom. The SMILES string of the molecule is CC(C)OC(=O)c1cc2ccccc2nc1N. The van der Waals surface area contributed by atoms with Crippen molar-refractivity contribution >= 4 is 22.7 Å². The monoisotopic (exact) mass is 230 g/mol. The fourth-order valence-electron chi connectivity index (χ4n) is 1.57. The minimum absolute atomic E-state index is 0.173. The van der Waals surface area contributed by atoms with Crippen molar-refractivity contribution in [2.45, 2.75) is 20.0 Å². The molecule has 0 unspecified atom stereocenters. The Bertz CT molecular complexity index is 564. The van der Waals surface area contributed by atoms with Crippen LogP contribution in [0.15, 0.2) is 30.3 Å². The van der Waals surface area contributed by atoms with E-state index in [1.54, 1.807) is 19.9 Å². The molecule has 88 valence electrons. The highest BCUT2D eigenvalue weighted by molar-refractivity contribution is 5.98. The number of pyridine rings is 1. The third-order valence-electron chi connectivity index (χ3n) is 2.32. The number of hydrogen-bond acceptors (Lipinski definition) is 4. The summed E-state index contributed by atoms with van der Waals surface area (Å²) < 4.78 is 5.11. The fraction of sp³-hybridized carbons (Fsp3) is 0.231. The molecule has 0 aliphatic heterocycles. The Morgan fingerprint density at radius 1 is 1.35 bits per heavy atom. The van der Waals surface area contributed by atoms with Crippen LogP contribution in [0.25, 0.3) is 10.9 Å². The van der Waals surface area contributed by atoms with Crippen molar-refractivity contribution in [1.29, 1.82) is 0 Å². The quantitative estimate of drug-likeness (QED) is 0.804. The van der Waals surface area contributed by atoms with Crippen molar-refractivity contribution in [3.8, 4) is 0 Å². The number of carbonyl (C=O) groups is 1. The second kappa shape index (κ2) is 4.41. The van der Waals surface area contributed by atoms with Crippen LogP contribution in [-0.4, -0.2) is 17.1 Å². The van der Waals surface area contributed by atoms with Gasteiger partial charge in [0.25, 0.3) is 0 Å². The Morgan fingerprint density at radius 2 is 2.06 bits per heavy atom. The number of nitrogens with zero attached hydrogens (tertiary/aromatic N) is 1. The number of anilines is 1. The van der Waals surface area contributed by atoms with Crippen LogP contribution in [0.3, 0.4) is 0 Å². The number of carbonyl (C=O) groups excluding carboxylic acids is 1. The van der Waals surface area contributed by atoms with E-state index in [2.05, 4.69) is 4.98 Å². The van der Waals surface area contributed by atoms with E-state index in [-0.39, 0.29) is 11.9 Å². The smallest absolute Gasteiger partial charge is 0.342 e. The molecule has 1 aromatic heterocycles. The van der Waals surface area contributed by atoms with Gasteiger partial charge in [-0.15, -0.1) is 0 Å². The molecular formula is C13H14N2O2. The minimum Gasteiger partial charge on any atom is -0.459 e. The van der Waals surface area contributed by atoms with Crippen molar-refractivity contribution < 1.29 is 9.53 Å². The van der Waals surface area contributed by atoms with Gasteiger partial charge in [-0.3, -0.25) is 0 Å². The highest BCUT2D eigenvalue weighted by Gasteiger charge is 2.14. The van der Waals surface area contributed by atoms with E-state index in [0.29, 0.717) is 5.56 Å². The van der Waals surface area contributed by atoms with Crippen LogP contribution in [-0.2, 0) is 4.74 Å². The molecule has 0 spiro atoms. The minimum atomic E-state index is -0.434. The molecule has 0 saturated carbocycles. The molecule has 1 aromatic carbocycles. The summed E-state index contributed by atoms with van der Waals surface area (Å²) in [5.41, 5.74) is 6.84. The van der Waals surface area contributed by atoms with Gasteiger partial charge in [0.15, 0.2) is 0 Å². The summed E-state index contributed by atoms with van der Waals surface area (Å²) >= 11 is 0. The van der Waals surface area contributed by atoms with Gasteiger partial charge in [0, 0.05) is 5.39 Å². The first kappa shape index (κ1) is 11.4. The Labute approximate surface area is 99.4 Å². The van der Waals surface area contributed by atoms with E-state index in [1.165, 1.54) is 0 Å². The third kappa shape index (κ3) is 2.36. The van der Waals surface area contributed by atoms with Gasteiger partial charge in [-0.1, -0.05) is 18.2 Å². The second-order valence-electron chi connectivity index (χ2n) is 4.07. The molecule has 0 atom stereocenters. The average molecular weight is 230 g/mol. The fourth-order valence-corrected chi connectivity index (χ4v) is 1.57. The Kier molecular flexibility index (Phi) is 2.95. The topological polar surface area (TPSA) is 65.2 Å². The number of rotatable bonds is 2. The van der Waals surface area contributed by atoms with E-state index < -0.39 is 5.97 Å². The van der Waals surface area contributed by atoms with Gasteiger partial charge >= 0.3 is 5.97 Å². The molecule has 4 nitrogen and oxygen atoms in total. The van der Waals surface area contributed by atoms with Gasteiger partial charge < -0.3 is 10.5 Å². The lowest BCUT2D eigenvalue weighted by Gasteiger charge is -2.10. The van der Waals surface area contributed by atoms with E-state index in [0.717, 1.165) is 10.9 Å². The van der Waals surface area contributed by atoms with Crippen molar-refractivity contribution in [3.05, 3.63) is 35.9 Å². The van der Waals surface area contributed by atoms with Gasteiger partial charge in [-0.05, 0) is 26.0 Å². The summed E-state index contributed by atoms with van der Waals surface area (Å²) in [5, 5.41) is 0.873. The van der Waals surface area contributed by atoms with Gasteiger partial charge in [0.1, 0.15) is 11.4 Å². The first-order chi connectivity index (χ1) is 8.08. The molecular weight excluding hydrogens is 216 g/mol. The third-order valence-corrected chi connectivity index (χ3v) is 2.32. The lowest BCUT2D eigenvalue weighted by Crippen LogP contribution is -2.14. The highest BCUT2D eigenvalue weighted by atomic mass is 16.5. The lowest BCUT2D eigenvalue weighted by atomic mass is 10.1. The molecule has 2 N–H and O–H groups in total. The van der Waals surface area contributed by atoms with E-state index >= 15 is 0 Å². The molecule has 2 rings (SSSR count). The Balaban J connectivity index is 2.47. The molecule has 0 bridgehead atoms. The molecule has 0 aliphatic carbocycles. The first-order valence-electron chi connectivity index (χ1n) is 5.44. The summed E-state index contributed by atoms with van der Waals surface area (Å²) in [4.78, 5) is 16.0. The molecule has 0 amide bonds. The standard InChI is InChI=1S/C13H14N2O2/c1-8(2)17-13(16)10-7-9-5-3-4-6-11(9)15-12(10)14/h3-8H,1-2H3,(H2,14,15). The molecule has 0 aliphatic rings. The number of nitrogen functional groups attached to an aromatic ring is 1. The molecule has 0 radical (unpaired) electrons. The lowest BCUT2D eigenvalue weighted by molar-refractivity contribution is 0.0379. The zero-order valence-electron chi connectivity index (χ0n) is 9.81. The summed E-state index contributed by atoms with van der Waals surface area (Å²) in [6.07, 6.45) is -0.173. The van der Waals surface area contributed by atoms with Crippen LogP contribution < -0.4 is 5.73 Å². The number of aromatic nitrogens is 1. The van der Waals surface area contributed by atoms with E-state index in [9.17, 15) is 4.79 Å². The normalized spacial score (nSPS) is 10.8. The molecule has 0 saturated heterocycles.